The molecule has 0 saturated heterocycles. The molecule has 8 heteroatoms. The van der Waals surface area contributed by atoms with Crippen molar-refractivity contribution in [1.29, 1.82) is 0 Å². The van der Waals surface area contributed by atoms with Crippen LogP contribution in [0.15, 0.2) is 70.6 Å². The van der Waals surface area contributed by atoms with Crippen molar-refractivity contribution in [3.05, 3.63) is 83.0 Å². The molecule has 4 N–H and O–H groups in total. The summed E-state index contributed by atoms with van der Waals surface area (Å²) in [7, 11) is -3.72. The molecule has 1 heterocycles. The molecular formula is C26H26N2O5S. The fourth-order valence-corrected chi connectivity index (χ4v) is 5.40. The Labute approximate surface area is 198 Å². The normalized spacial score (nSPS) is 12.6. The van der Waals surface area contributed by atoms with Gasteiger partial charge in [-0.1, -0.05) is 29.8 Å². The molecule has 0 saturated carbocycles. The first-order chi connectivity index (χ1) is 16.1. The first-order valence-corrected chi connectivity index (χ1v) is 12.2. The fraction of sp³-hybridized carbons (Fsp3) is 0.192. The Hall–Kier alpha value is -3.62. The smallest absolute Gasteiger partial charge is 0.320 e. The van der Waals surface area contributed by atoms with Gasteiger partial charge in [-0.15, -0.1) is 0 Å². The number of aliphatic carboxylic acids is 1. The van der Waals surface area contributed by atoms with Crippen molar-refractivity contribution in [2.75, 3.05) is 0 Å². The molecule has 0 unspecified atom stereocenters. The number of ether oxygens (including phenoxy) is 1. The van der Waals surface area contributed by atoms with Gasteiger partial charge in [0, 0.05) is 17.1 Å². The van der Waals surface area contributed by atoms with E-state index in [9.17, 15) is 13.2 Å². The molecule has 0 aliphatic rings. The lowest BCUT2D eigenvalue weighted by atomic mass is 10.0. The van der Waals surface area contributed by atoms with Crippen LogP contribution in [0.5, 0.6) is 11.5 Å². The number of aromatic amines is 1. The molecule has 3 aromatic carbocycles. The monoisotopic (exact) mass is 478 g/mol. The number of H-pyrrole nitrogens is 1. The van der Waals surface area contributed by atoms with Crippen LogP contribution in [-0.2, 0) is 21.1 Å². The molecule has 0 amide bonds. The van der Waals surface area contributed by atoms with Gasteiger partial charge in [-0.2, -0.15) is 0 Å². The van der Waals surface area contributed by atoms with Crippen molar-refractivity contribution in [1.82, 2.24) is 4.98 Å². The van der Waals surface area contributed by atoms with Crippen molar-refractivity contribution in [3.63, 3.8) is 0 Å². The summed E-state index contributed by atoms with van der Waals surface area (Å²) in [5.74, 6) is 0.0750. The van der Waals surface area contributed by atoms with Gasteiger partial charge < -0.3 is 20.6 Å². The van der Waals surface area contributed by atoms with Crippen molar-refractivity contribution in [3.8, 4) is 11.5 Å². The molecule has 34 heavy (non-hydrogen) atoms. The Morgan fingerprint density at radius 1 is 1.03 bits per heavy atom. The number of nitrogens with two attached hydrogens (primary N) is 1. The maximum atomic E-state index is 13.3. The van der Waals surface area contributed by atoms with Gasteiger partial charge in [-0.25, -0.2) is 8.42 Å². The first kappa shape index (κ1) is 23.5. The quantitative estimate of drug-likeness (QED) is 0.355. The Kier molecular flexibility index (Phi) is 6.20. The SMILES string of the molecule is Cc1ccc(S(=O)(=O)c2c[nH]c3ccc(Oc4c(C)cc(C[C@@H](N)C(=O)O)cc4C)cc23)cc1. The van der Waals surface area contributed by atoms with Gasteiger partial charge in [0.2, 0.25) is 9.84 Å². The minimum Gasteiger partial charge on any atom is -0.480 e. The van der Waals surface area contributed by atoms with E-state index in [-0.39, 0.29) is 16.2 Å². The van der Waals surface area contributed by atoms with E-state index in [1.165, 1.54) is 6.20 Å². The highest BCUT2D eigenvalue weighted by Crippen LogP contribution is 2.35. The molecule has 7 nitrogen and oxygen atoms in total. The molecule has 4 aromatic rings. The van der Waals surface area contributed by atoms with Crippen LogP contribution in [0.4, 0.5) is 0 Å². The maximum absolute atomic E-state index is 13.3. The highest BCUT2D eigenvalue weighted by Gasteiger charge is 2.22. The fourth-order valence-electron chi connectivity index (χ4n) is 3.98. The third-order valence-corrected chi connectivity index (χ3v) is 7.56. The number of aryl methyl sites for hydroxylation is 3. The van der Waals surface area contributed by atoms with Gasteiger partial charge in [0.1, 0.15) is 17.5 Å². The summed E-state index contributed by atoms with van der Waals surface area (Å²) in [5.41, 5.74) is 9.80. The number of nitrogens with one attached hydrogen (secondary N) is 1. The largest absolute Gasteiger partial charge is 0.480 e. The van der Waals surface area contributed by atoms with Crippen LogP contribution in [-0.4, -0.2) is 30.5 Å². The van der Waals surface area contributed by atoms with E-state index < -0.39 is 21.8 Å². The van der Waals surface area contributed by atoms with Crippen molar-refractivity contribution in [2.24, 2.45) is 5.73 Å². The summed E-state index contributed by atoms with van der Waals surface area (Å²) >= 11 is 0. The number of aromatic nitrogens is 1. The van der Waals surface area contributed by atoms with E-state index in [0.29, 0.717) is 22.4 Å². The second-order valence-electron chi connectivity index (χ2n) is 8.49. The summed E-state index contributed by atoms with van der Waals surface area (Å²) in [6.07, 6.45) is 1.72. The van der Waals surface area contributed by atoms with E-state index in [1.807, 2.05) is 32.9 Å². The standard InChI is InChI=1S/C26H26N2O5S/c1-15-4-7-20(8-5-15)34(31,32)24-14-28-23-9-6-19(13-21(23)24)33-25-16(2)10-18(11-17(25)3)12-22(27)26(29)30/h4-11,13-14,22,28H,12,27H2,1-3H3,(H,29,30)/t22-/m1/s1. The zero-order valence-corrected chi connectivity index (χ0v) is 19.9. The molecule has 1 atom stereocenters. The number of carboxylic acid groups (broad SMARTS) is 1. The van der Waals surface area contributed by atoms with Crippen LogP contribution >= 0.6 is 0 Å². The van der Waals surface area contributed by atoms with E-state index in [1.54, 1.807) is 42.5 Å². The third kappa shape index (κ3) is 4.55. The predicted octanol–water partition coefficient (Wildman–Crippen LogP) is 4.67. The highest BCUT2D eigenvalue weighted by molar-refractivity contribution is 7.91. The van der Waals surface area contributed by atoms with Crippen molar-refractivity contribution < 1.29 is 23.1 Å². The van der Waals surface area contributed by atoms with Gasteiger partial charge in [-0.3, -0.25) is 4.79 Å². The predicted molar refractivity (Wildman–Crippen MR) is 130 cm³/mol. The van der Waals surface area contributed by atoms with Crippen molar-refractivity contribution in [2.45, 2.75) is 43.0 Å². The van der Waals surface area contributed by atoms with Crippen molar-refractivity contribution >= 4 is 26.7 Å². The van der Waals surface area contributed by atoms with Gasteiger partial charge in [0.15, 0.2) is 0 Å². The number of sulfone groups is 1. The zero-order valence-electron chi connectivity index (χ0n) is 19.1. The van der Waals surface area contributed by atoms with Crippen LogP contribution in [0, 0.1) is 20.8 Å². The first-order valence-electron chi connectivity index (χ1n) is 10.8. The van der Waals surface area contributed by atoms with E-state index in [0.717, 1.165) is 22.3 Å². The molecular weight excluding hydrogens is 452 g/mol. The number of carboxylic acids is 1. The lowest BCUT2D eigenvalue weighted by molar-refractivity contribution is -0.138. The maximum Gasteiger partial charge on any atom is 0.320 e. The number of hydrogen-bond acceptors (Lipinski definition) is 5. The number of fused-ring (bicyclic) bond motifs is 1. The third-order valence-electron chi connectivity index (χ3n) is 5.75. The highest BCUT2D eigenvalue weighted by atomic mass is 32.2. The number of carbonyl (C=O) groups is 1. The average Bonchev–Trinajstić information content (AvgIpc) is 3.20. The van der Waals surface area contributed by atoms with Crippen LogP contribution in [0.1, 0.15) is 22.3 Å². The molecule has 1 aromatic heterocycles. The lowest BCUT2D eigenvalue weighted by Crippen LogP contribution is -2.32. The van der Waals surface area contributed by atoms with Gasteiger partial charge >= 0.3 is 5.97 Å². The molecule has 0 aliphatic heterocycles. The van der Waals surface area contributed by atoms with Crippen LogP contribution < -0.4 is 10.5 Å². The molecule has 0 radical (unpaired) electrons. The lowest BCUT2D eigenvalue weighted by Gasteiger charge is -2.15. The molecule has 0 aliphatic carbocycles. The summed E-state index contributed by atoms with van der Waals surface area (Å²) in [5, 5.41) is 9.61. The van der Waals surface area contributed by atoms with Crippen LogP contribution in [0.2, 0.25) is 0 Å². The second-order valence-corrected chi connectivity index (χ2v) is 10.4. The van der Waals surface area contributed by atoms with E-state index in [2.05, 4.69) is 4.98 Å². The minimum atomic E-state index is -3.72. The summed E-state index contributed by atoms with van der Waals surface area (Å²) < 4.78 is 32.7. The number of hydrogen-bond donors (Lipinski definition) is 3. The molecule has 176 valence electrons. The Morgan fingerprint density at radius 3 is 2.29 bits per heavy atom. The van der Waals surface area contributed by atoms with Gasteiger partial charge in [0.05, 0.1) is 9.79 Å². The molecule has 0 bridgehead atoms. The van der Waals surface area contributed by atoms with E-state index in [4.69, 9.17) is 15.6 Å². The zero-order chi connectivity index (χ0) is 24.6. The molecule has 4 rings (SSSR count). The number of rotatable bonds is 7. The van der Waals surface area contributed by atoms with Gasteiger partial charge in [-0.05, 0) is 74.2 Å². The topological polar surface area (TPSA) is 122 Å². The second kappa shape index (κ2) is 8.96. The van der Waals surface area contributed by atoms with Gasteiger partial charge in [0.25, 0.3) is 0 Å². The average molecular weight is 479 g/mol. The minimum absolute atomic E-state index is 0.184. The Bertz CT molecular complexity index is 1460. The molecule has 0 fully saturated rings. The Balaban J connectivity index is 1.68. The van der Waals surface area contributed by atoms with Crippen LogP contribution in [0.3, 0.4) is 0 Å². The molecule has 0 spiro atoms. The van der Waals surface area contributed by atoms with E-state index >= 15 is 0 Å². The Morgan fingerprint density at radius 2 is 1.68 bits per heavy atom. The summed E-state index contributed by atoms with van der Waals surface area (Å²) in [4.78, 5) is 14.5. The summed E-state index contributed by atoms with van der Waals surface area (Å²) in [6.45, 7) is 5.66. The number of benzene rings is 3. The van der Waals surface area contributed by atoms with Crippen LogP contribution in [0.25, 0.3) is 10.9 Å². The summed E-state index contributed by atoms with van der Waals surface area (Å²) in [6, 6.07) is 14.8.